The summed E-state index contributed by atoms with van der Waals surface area (Å²) in [5.41, 5.74) is 2.58. The molecule has 0 saturated heterocycles. The topological polar surface area (TPSA) is 47.6 Å². The maximum absolute atomic E-state index is 12.2. The number of carbonyl (C=O) groups excluding carboxylic acids is 1. The van der Waals surface area contributed by atoms with Crippen molar-refractivity contribution < 1.29 is 14.3 Å². The van der Waals surface area contributed by atoms with Gasteiger partial charge in [0.15, 0.2) is 18.1 Å². The minimum Gasteiger partial charge on any atom is -0.490 e. The minimum absolute atomic E-state index is 0.115. The Bertz CT molecular complexity index is 693. The van der Waals surface area contributed by atoms with Crippen LogP contribution in [0.4, 0.5) is 5.69 Å². The Morgan fingerprint density at radius 3 is 2.42 bits per heavy atom. The Morgan fingerprint density at radius 2 is 1.79 bits per heavy atom. The van der Waals surface area contributed by atoms with Gasteiger partial charge in [0.25, 0.3) is 5.91 Å². The zero-order valence-corrected chi connectivity index (χ0v) is 14.9. The molecule has 2 rings (SSSR count). The highest BCUT2D eigenvalue weighted by Crippen LogP contribution is 2.28. The third-order valence-electron chi connectivity index (χ3n) is 3.37. The number of hydrogen-bond donors (Lipinski definition) is 1. The first-order chi connectivity index (χ1) is 11.5. The van der Waals surface area contributed by atoms with Crippen molar-refractivity contribution in [3.8, 4) is 11.5 Å². The molecule has 0 heterocycles. The molecule has 128 valence electrons. The van der Waals surface area contributed by atoms with Gasteiger partial charge in [0.1, 0.15) is 0 Å². The molecule has 4 nitrogen and oxygen atoms in total. The number of amides is 1. The molecule has 0 radical (unpaired) electrons. The van der Waals surface area contributed by atoms with Crippen LogP contribution in [0.5, 0.6) is 11.5 Å². The molecule has 0 unspecified atom stereocenters. The highest BCUT2D eigenvalue weighted by molar-refractivity contribution is 6.34. The Hall–Kier alpha value is -2.20. The van der Waals surface area contributed by atoms with E-state index in [1.807, 2.05) is 51.1 Å². The van der Waals surface area contributed by atoms with Gasteiger partial charge in [0.2, 0.25) is 0 Å². The number of nitrogens with one attached hydrogen (secondary N) is 1. The fraction of sp³-hybridized carbons (Fsp3) is 0.316. The Morgan fingerprint density at radius 1 is 1.12 bits per heavy atom. The molecule has 24 heavy (non-hydrogen) atoms. The van der Waals surface area contributed by atoms with Crippen LogP contribution in [0, 0.1) is 13.8 Å². The van der Waals surface area contributed by atoms with Gasteiger partial charge in [-0.15, -0.1) is 0 Å². The van der Waals surface area contributed by atoms with E-state index in [1.165, 1.54) is 0 Å². The minimum atomic E-state index is -0.269. The van der Waals surface area contributed by atoms with Crippen LogP contribution in [0.2, 0.25) is 5.02 Å². The second kappa shape index (κ2) is 8.60. The number of para-hydroxylation sites is 2. The summed E-state index contributed by atoms with van der Waals surface area (Å²) in [4.78, 5) is 12.2. The normalized spacial score (nSPS) is 10.3. The third kappa shape index (κ3) is 4.90. The van der Waals surface area contributed by atoms with Crippen LogP contribution in [0.15, 0.2) is 36.4 Å². The number of ether oxygens (including phenoxy) is 2. The van der Waals surface area contributed by atoms with Gasteiger partial charge in [-0.2, -0.15) is 0 Å². The molecule has 0 bridgehead atoms. The first kappa shape index (κ1) is 18.1. The van der Waals surface area contributed by atoms with E-state index in [0.29, 0.717) is 28.8 Å². The average molecular weight is 348 g/mol. The zero-order valence-electron chi connectivity index (χ0n) is 14.2. The number of aryl methyl sites for hydroxylation is 2. The molecule has 0 spiro atoms. The van der Waals surface area contributed by atoms with E-state index in [0.717, 1.165) is 17.5 Å². The third-order valence-corrected chi connectivity index (χ3v) is 3.66. The Balaban J connectivity index is 1.99. The first-order valence-electron chi connectivity index (χ1n) is 7.92. The van der Waals surface area contributed by atoms with Crippen LogP contribution in [0.1, 0.15) is 24.5 Å². The summed E-state index contributed by atoms with van der Waals surface area (Å²) in [5, 5.41) is 3.32. The lowest BCUT2D eigenvalue weighted by Gasteiger charge is -2.14. The highest BCUT2D eigenvalue weighted by atomic mass is 35.5. The number of benzene rings is 2. The number of halogens is 1. The maximum Gasteiger partial charge on any atom is 0.262 e. The van der Waals surface area contributed by atoms with E-state index in [9.17, 15) is 4.79 Å². The van der Waals surface area contributed by atoms with E-state index in [1.54, 1.807) is 6.07 Å². The number of carbonyl (C=O) groups is 1. The standard InChI is InChI=1S/C19H22ClNO3/c1-4-9-23-16-7-5-6-8-17(16)24-12-18(22)21-19-14(3)10-13(2)11-15(19)20/h5-8,10-11H,4,9,12H2,1-3H3,(H,21,22). The van der Waals surface area contributed by atoms with Gasteiger partial charge in [-0.1, -0.05) is 36.7 Å². The van der Waals surface area contributed by atoms with Gasteiger partial charge in [-0.05, 0) is 49.6 Å². The van der Waals surface area contributed by atoms with E-state index in [4.69, 9.17) is 21.1 Å². The molecule has 2 aromatic rings. The summed E-state index contributed by atoms with van der Waals surface area (Å²) in [6, 6.07) is 11.1. The van der Waals surface area contributed by atoms with Crippen LogP contribution in [-0.2, 0) is 4.79 Å². The summed E-state index contributed by atoms with van der Waals surface area (Å²) in [6.45, 7) is 6.38. The van der Waals surface area contributed by atoms with Crippen molar-refractivity contribution in [1.82, 2.24) is 0 Å². The molecule has 1 N–H and O–H groups in total. The average Bonchev–Trinajstić information content (AvgIpc) is 2.55. The fourth-order valence-corrected chi connectivity index (χ4v) is 2.66. The quantitative estimate of drug-likeness (QED) is 0.785. The van der Waals surface area contributed by atoms with Crippen LogP contribution >= 0.6 is 11.6 Å². The lowest BCUT2D eigenvalue weighted by atomic mass is 10.1. The molecule has 0 fully saturated rings. The second-order valence-electron chi connectivity index (χ2n) is 5.57. The van der Waals surface area contributed by atoms with Crippen LogP contribution in [0.3, 0.4) is 0 Å². The summed E-state index contributed by atoms with van der Waals surface area (Å²) >= 11 is 6.20. The zero-order chi connectivity index (χ0) is 17.5. The molecule has 0 aliphatic rings. The van der Waals surface area contributed by atoms with Gasteiger partial charge in [-0.25, -0.2) is 0 Å². The van der Waals surface area contributed by atoms with Gasteiger partial charge >= 0.3 is 0 Å². The van der Waals surface area contributed by atoms with Crippen molar-refractivity contribution in [2.75, 3.05) is 18.5 Å². The van der Waals surface area contributed by atoms with Crippen molar-refractivity contribution in [3.05, 3.63) is 52.5 Å². The van der Waals surface area contributed by atoms with Crippen LogP contribution < -0.4 is 14.8 Å². The molecule has 0 atom stereocenters. The van der Waals surface area contributed by atoms with Crippen molar-refractivity contribution in [2.45, 2.75) is 27.2 Å². The molecule has 0 aromatic heterocycles. The van der Waals surface area contributed by atoms with E-state index < -0.39 is 0 Å². The smallest absolute Gasteiger partial charge is 0.262 e. The largest absolute Gasteiger partial charge is 0.490 e. The number of anilines is 1. The van der Waals surface area contributed by atoms with Crippen molar-refractivity contribution in [3.63, 3.8) is 0 Å². The summed E-state index contributed by atoms with van der Waals surface area (Å²) < 4.78 is 11.2. The van der Waals surface area contributed by atoms with Crippen molar-refractivity contribution in [1.29, 1.82) is 0 Å². The van der Waals surface area contributed by atoms with E-state index >= 15 is 0 Å². The Kier molecular flexibility index (Phi) is 6.50. The molecular weight excluding hydrogens is 326 g/mol. The van der Waals surface area contributed by atoms with Gasteiger partial charge in [0, 0.05) is 0 Å². The first-order valence-corrected chi connectivity index (χ1v) is 8.30. The number of rotatable bonds is 7. The van der Waals surface area contributed by atoms with E-state index in [-0.39, 0.29) is 12.5 Å². The van der Waals surface area contributed by atoms with Crippen LogP contribution in [0.25, 0.3) is 0 Å². The van der Waals surface area contributed by atoms with Crippen molar-refractivity contribution in [2.24, 2.45) is 0 Å². The van der Waals surface area contributed by atoms with Gasteiger partial charge < -0.3 is 14.8 Å². The van der Waals surface area contributed by atoms with Gasteiger partial charge in [-0.3, -0.25) is 4.79 Å². The number of hydrogen-bond acceptors (Lipinski definition) is 3. The van der Waals surface area contributed by atoms with Gasteiger partial charge in [0.05, 0.1) is 17.3 Å². The molecule has 0 saturated carbocycles. The highest BCUT2D eigenvalue weighted by Gasteiger charge is 2.11. The van der Waals surface area contributed by atoms with E-state index in [2.05, 4.69) is 5.32 Å². The molecular formula is C19H22ClNO3. The fourth-order valence-electron chi connectivity index (χ4n) is 2.29. The molecule has 2 aromatic carbocycles. The summed E-state index contributed by atoms with van der Waals surface area (Å²) in [5.74, 6) is 0.915. The van der Waals surface area contributed by atoms with Crippen LogP contribution in [-0.4, -0.2) is 19.1 Å². The Labute approximate surface area is 147 Å². The molecule has 1 amide bonds. The molecule has 5 heteroatoms. The second-order valence-corrected chi connectivity index (χ2v) is 5.98. The molecule has 0 aliphatic carbocycles. The lowest BCUT2D eigenvalue weighted by molar-refractivity contribution is -0.118. The monoisotopic (exact) mass is 347 g/mol. The summed E-state index contributed by atoms with van der Waals surface area (Å²) in [7, 11) is 0. The SMILES string of the molecule is CCCOc1ccccc1OCC(=O)Nc1c(C)cc(C)cc1Cl. The molecule has 0 aliphatic heterocycles. The van der Waals surface area contributed by atoms with Crippen molar-refractivity contribution >= 4 is 23.2 Å². The maximum atomic E-state index is 12.2. The summed E-state index contributed by atoms with van der Waals surface area (Å²) in [6.07, 6.45) is 0.903. The predicted molar refractivity (Wildman–Crippen MR) is 97.3 cm³/mol. The lowest BCUT2D eigenvalue weighted by Crippen LogP contribution is -2.21. The predicted octanol–water partition coefficient (Wildman–Crippen LogP) is 4.76.